The van der Waals surface area contributed by atoms with Gasteiger partial charge in [0, 0.05) is 6.04 Å². The van der Waals surface area contributed by atoms with Crippen LogP contribution < -0.4 is 5.32 Å². The summed E-state index contributed by atoms with van der Waals surface area (Å²) >= 11 is 0. The third-order valence-corrected chi connectivity index (χ3v) is 4.01. The summed E-state index contributed by atoms with van der Waals surface area (Å²) in [6.45, 7) is 4.45. The molecular weight excluding hydrogens is 186 g/mol. The van der Waals surface area contributed by atoms with Crippen molar-refractivity contribution in [1.29, 1.82) is 0 Å². The van der Waals surface area contributed by atoms with Crippen LogP contribution in [0.1, 0.15) is 51.9 Å². The van der Waals surface area contributed by atoms with Gasteiger partial charge >= 0.3 is 0 Å². The first-order valence-electron chi connectivity index (χ1n) is 6.73. The van der Waals surface area contributed by atoms with Crippen molar-refractivity contribution in [2.75, 3.05) is 13.2 Å². The Morgan fingerprint density at radius 2 is 2.13 bits per heavy atom. The van der Waals surface area contributed by atoms with Crippen LogP contribution in [0.2, 0.25) is 0 Å². The fourth-order valence-electron chi connectivity index (χ4n) is 2.92. The fourth-order valence-corrected chi connectivity index (χ4v) is 2.92. The molecule has 0 aromatic heterocycles. The lowest BCUT2D eigenvalue weighted by Gasteiger charge is -2.29. The van der Waals surface area contributed by atoms with Crippen LogP contribution in [0.15, 0.2) is 0 Å². The van der Waals surface area contributed by atoms with Crippen molar-refractivity contribution >= 4 is 0 Å². The summed E-state index contributed by atoms with van der Waals surface area (Å²) in [5.41, 5.74) is 0. The van der Waals surface area contributed by atoms with Crippen LogP contribution in [0.4, 0.5) is 0 Å². The minimum absolute atomic E-state index is 0.561. The van der Waals surface area contributed by atoms with Crippen LogP contribution in [0.3, 0.4) is 0 Å². The van der Waals surface area contributed by atoms with Crippen LogP contribution >= 0.6 is 0 Å². The molecule has 15 heavy (non-hydrogen) atoms. The molecule has 0 spiro atoms. The summed E-state index contributed by atoms with van der Waals surface area (Å²) in [5.74, 6) is 0.931. The van der Waals surface area contributed by atoms with Crippen molar-refractivity contribution in [2.24, 2.45) is 5.92 Å². The molecule has 88 valence electrons. The molecule has 2 rings (SSSR count). The third-order valence-electron chi connectivity index (χ3n) is 4.01. The van der Waals surface area contributed by atoms with Gasteiger partial charge in [-0.3, -0.25) is 0 Å². The Hall–Kier alpha value is -0.0800. The average molecular weight is 211 g/mol. The van der Waals surface area contributed by atoms with Gasteiger partial charge in [0.25, 0.3) is 0 Å². The van der Waals surface area contributed by atoms with Gasteiger partial charge in [0.2, 0.25) is 0 Å². The smallest absolute Gasteiger partial charge is 0.0623 e. The minimum Gasteiger partial charge on any atom is -0.377 e. The molecule has 3 atom stereocenters. The Bertz CT molecular complexity index is 177. The lowest BCUT2D eigenvalue weighted by atomic mass is 9.85. The molecule has 1 heterocycles. The van der Waals surface area contributed by atoms with Gasteiger partial charge in [-0.2, -0.15) is 0 Å². The minimum atomic E-state index is 0.561. The summed E-state index contributed by atoms with van der Waals surface area (Å²) in [6.07, 6.45) is 9.94. The highest BCUT2D eigenvalue weighted by Crippen LogP contribution is 2.28. The molecule has 1 saturated carbocycles. The van der Waals surface area contributed by atoms with Crippen LogP contribution in [0, 0.1) is 5.92 Å². The first kappa shape index (κ1) is 11.4. The maximum atomic E-state index is 6.04. The Balaban J connectivity index is 1.65. The summed E-state index contributed by atoms with van der Waals surface area (Å²) in [6, 6.07) is 0.645. The zero-order valence-electron chi connectivity index (χ0n) is 10.0. The van der Waals surface area contributed by atoms with Gasteiger partial charge in [-0.1, -0.05) is 26.2 Å². The first-order valence-corrected chi connectivity index (χ1v) is 6.73. The zero-order valence-corrected chi connectivity index (χ0v) is 10.0. The molecule has 1 aliphatic heterocycles. The molecule has 2 aliphatic rings. The zero-order chi connectivity index (χ0) is 10.5. The SMILES string of the molecule is CCC1CCCC(OCC2CCCN2)C1. The summed E-state index contributed by atoms with van der Waals surface area (Å²) < 4.78 is 6.04. The van der Waals surface area contributed by atoms with E-state index in [-0.39, 0.29) is 0 Å². The summed E-state index contributed by atoms with van der Waals surface area (Å²) in [5, 5.41) is 3.50. The van der Waals surface area contributed by atoms with E-state index in [4.69, 9.17) is 4.74 Å². The van der Waals surface area contributed by atoms with Crippen LogP contribution in [-0.4, -0.2) is 25.3 Å². The van der Waals surface area contributed by atoms with E-state index in [1.165, 1.54) is 51.5 Å². The molecule has 0 aromatic carbocycles. The van der Waals surface area contributed by atoms with Gasteiger partial charge in [-0.15, -0.1) is 0 Å². The molecule has 2 nitrogen and oxygen atoms in total. The van der Waals surface area contributed by atoms with Crippen molar-refractivity contribution in [1.82, 2.24) is 5.32 Å². The number of hydrogen-bond donors (Lipinski definition) is 1. The van der Waals surface area contributed by atoms with Crippen molar-refractivity contribution in [3.8, 4) is 0 Å². The van der Waals surface area contributed by atoms with Crippen molar-refractivity contribution < 1.29 is 4.74 Å². The number of ether oxygens (including phenoxy) is 1. The number of hydrogen-bond acceptors (Lipinski definition) is 2. The normalized spacial score (nSPS) is 37.0. The average Bonchev–Trinajstić information content (AvgIpc) is 2.79. The van der Waals surface area contributed by atoms with Crippen LogP contribution in [0.25, 0.3) is 0 Å². The third kappa shape index (κ3) is 3.46. The molecule has 0 aromatic rings. The second kappa shape index (κ2) is 5.86. The molecule has 0 bridgehead atoms. The lowest BCUT2D eigenvalue weighted by Crippen LogP contribution is -2.31. The second-order valence-electron chi connectivity index (χ2n) is 5.19. The highest BCUT2D eigenvalue weighted by atomic mass is 16.5. The molecule has 2 fully saturated rings. The van der Waals surface area contributed by atoms with E-state index in [9.17, 15) is 0 Å². The highest BCUT2D eigenvalue weighted by molar-refractivity contribution is 4.76. The predicted octanol–water partition coefficient (Wildman–Crippen LogP) is 2.72. The first-order chi connectivity index (χ1) is 7.38. The van der Waals surface area contributed by atoms with E-state index in [0.29, 0.717) is 12.1 Å². The van der Waals surface area contributed by atoms with Gasteiger partial charge in [-0.25, -0.2) is 0 Å². The fraction of sp³-hybridized carbons (Fsp3) is 1.00. The Kier molecular flexibility index (Phi) is 4.45. The summed E-state index contributed by atoms with van der Waals surface area (Å²) in [7, 11) is 0. The largest absolute Gasteiger partial charge is 0.377 e. The van der Waals surface area contributed by atoms with Crippen LogP contribution in [0.5, 0.6) is 0 Å². The molecule has 0 radical (unpaired) electrons. The van der Waals surface area contributed by atoms with Gasteiger partial charge in [-0.05, 0) is 38.1 Å². The molecule has 1 N–H and O–H groups in total. The van der Waals surface area contributed by atoms with E-state index < -0.39 is 0 Å². The summed E-state index contributed by atoms with van der Waals surface area (Å²) in [4.78, 5) is 0. The van der Waals surface area contributed by atoms with Gasteiger partial charge in [0.1, 0.15) is 0 Å². The van der Waals surface area contributed by atoms with Crippen LogP contribution in [-0.2, 0) is 4.74 Å². The van der Waals surface area contributed by atoms with E-state index in [0.717, 1.165) is 12.5 Å². The molecule has 2 heteroatoms. The second-order valence-corrected chi connectivity index (χ2v) is 5.19. The lowest BCUT2D eigenvalue weighted by molar-refractivity contribution is 0.00372. The Labute approximate surface area is 93.8 Å². The van der Waals surface area contributed by atoms with Gasteiger partial charge in [0.05, 0.1) is 12.7 Å². The Morgan fingerprint density at radius 3 is 2.87 bits per heavy atom. The maximum Gasteiger partial charge on any atom is 0.0623 e. The van der Waals surface area contributed by atoms with Gasteiger partial charge in [0.15, 0.2) is 0 Å². The monoisotopic (exact) mass is 211 g/mol. The van der Waals surface area contributed by atoms with E-state index in [1.807, 2.05) is 0 Å². The van der Waals surface area contributed by atoms with Crippen molar-refractivity contribution in [3.05, 3.63) is 0 Å². The van der Waals surface area contributed by atoms with E-state index >= 15 is 0 Å². The standard InChI is InChI=1S/C13H25NO/c1-2-11-5-3-7-13(9-11)15-10-12-6-4-8-14-12/h11-14H,2-10H2,1H3. The quantitative estimate of drug-likeness (QED) is 0.772. The maximum absolute atomic E-state index is 6.04. The van der Waals surface area contributed by atoms with Crippen molar-refractivity contribution in [2.45, 2.75) is 64.0 Å². The molecule has 0 amide bonds. The number of nitrogens with one attached hydrogen (secondary N) is 1. The molecule has 1 aliphatic carbocycles. The highest BCUT2D eigenvalue weighted by Gasteiger charge is 2.23. The Morgan fingerprint density at radius 1 is 1.20 bits per heavy atom. The molecular formula is C13H25NO. The van der Waals surface area contributed by atoms with E-state index in [2.05, 4.69) is 12.2 Å². The van der Waals surface area contributed by atoms with Gasteiger partial charge < -0.3 is 10.1 Å². The predicted molar refractivity (Wildman–Crippen MR) is 63.0 cm³/mol. The topological polar surface area (TPSA) is 21.3 Å². The number of rotatable bonds is 4. The van der Waals surface area contributed by atoms with Crippen molar-refractivity contribution in [3.63, 3.8) is 0 Å². The molecule has 3 unspecified atom stereocenters. The van der Waals surface area contributed by atoms with E-state index in [1.54, 1.807) is 0 Å². The molecule has 1 saturated heterocycles.